The van der Waals surface area contributed by atoms with Crippen molar-refractivity contribution in [3.8, 4) is 0 Å². The van der Waals surface area contributed by atoms with Gasteiger partial charge in [-0.15, -0.1) is 0 Å². The molecular weight excluding hydrogens is 326 g/mol. The summed E-state index contributed by atoms with van der Waals surface area (Å²) in [7, 11) is 0. The Labute approximate surface area is 145 Å². The van der Waals surface area contributed by atoms with Gasteiger partial charge in [-0.05, 0) is 36.8 Å². The zero-order valence-corrected chi connectivity index (χ0v) is 14.0. The van der Waals surface area contributed by atoms with E-state index >= 15 is 0 Å². The molecular formula is C19H20F2N2O2. The second-order valence-electron chi connectivity index (χ2n) is 6.22. The molecule has 1 aliphatic rings. The Kier molecular flexibility index (Phi) is 4.99. The van der Waals surface area contributed by atoms with E-state index in [1.165, 1.54) is 12.1 Å². The van der Waals surface area contributed by atoms with Crippen LogP contribution in [0, 0.1) is 11.6 Å². The first kappa shape index (κ1) is 17.4. The third-order valence-corrected chi connectivity index (χ3v) is 4.75. The molecule has 1 heterocycles. The van der Waals surface area contributed by atoms with Crippen molar-refractivity contribution in [3.05, 3.63) is 65.2 Å². The van der Waals surface area contributed by atoms with Crippen LogP contribution in [0.5, 0.6) is 0 Å². The molecule has 0 aromatic heterocycles. The fourth-order valence-corrected chi connectivity index (χ4v) is 3.20. The van der Waals surface area contributed by atoms with Crippen molar-refractivity contribution in [2.45, 2.75) is 13.0 Å². The van der Waals surface area contributed by atoms with E-state index < -0.39 is 17.6 Å². The summed E-state index contributed by atoms with van der Waals surface area (Å²) >= 11 is 0. The lowest BCUT2D eigenvalue weighted by Gasteiger charge is -2.39. The number of carbonyl (C=O) groups is 1. The lowest BCUT2D eigenvalue weighted by molar-refractivity contribution is 0.0697. The number of carboxylic acids is 1. The quantitative estimate of drug-likeness (QED) is 0.920. The first-order chi connectivity index (χ1) is 12.0. The molecule has 0 radical (unpaired) electrons. The third kappa shape index (κ3) is 3.79. The van der Waals surface area contributed by atoms with Crippen molar-refractivity contribution in [2.24, 2.45) is 0 Å². The summed E-state index contributed by atoms with van der Waals surface area (Å²) in [6.07, 6.45) is 0. The van der Waals surface area contributed by atoms with Crippen molar-refractivity contribution in [3.63, 3.8) is 0 Å². The molecule has 1 saturated heterocycles. The van der Waals surface area contributed by atoms with Crippen LogP contribution in [0.1, 0.15) is 28.9 Å². The highest BCUT2D eigenvalue weighted by molar-refractivity contribution is 5.87. The van der Waals surface area contributed by atoms with Crippen molar-refractivity contribution in [1.82, 2.24) is 4.90 Å². The van der Waals surface area contributed by atoms with Gasteiger partial charge in [-0.3, -0.25) is 4.90 Å². The monoisotopic (exact) mass is 346 g/mol. The lowest BCUT2D eigenvalue weighted by atomic mass is 10.0. The topological polar surface area (TPSA) is 43.8 Å². The molecule has 1 atom stereocenters. The number of halogens is 2. The summed E-state index contributed by atoms with van der Waals surface area (Å²) in [6, 6.07) is 10.7. The highest BCUT2D eigenvalue weighted by Crippen LogP contribution is 2.26. The Morgan fingerprint density at radius 3 is 2.24 bits per heavy atom. The van der Waals surface area contributed by atoms with Crippen LogP contribution in [0.2, 0.25) is 0 Å². The van der Waals surface area contributed by atoms with Crippen molar-refractivity contribution < 1.29 is 18.7 Å². The van der Waals surface area contributed by atoms with Crippen LogP contribution in [0.25, 0.3) is 0 Å². The molecule has 3 rings (SSSR count). The fraction of sp³-hybridized carbons (Fsp3) is 0.316. The van der Waals surface area contributed by atoms with Crippen LogP contribution < -0.4 is 4.90 Å². The molecule has 132 valence electrons. The number of carboxylic acid groups (broad SMARTS) is 1. The Morgan fingerprint density at radius 1 is 1.04 bits per heavy atom. The van der Waals surface area contributed by atoms with Crippen LogP contribution >= 0.6 is 0 Å². The van der Waals surface area contributed by atoms with Crippen LogP contribution in [-0.4, -0.2) is 42.2 Å². The first-order valence-electron chi connectivity index (χ1n) is 8.23. The number of rotatable bonds is 4. The van der Waals surface area contributed by atoms with Crippen LogP contribution in [-0.2, 0) is 0 Å². The zero-order chi connectivity index (χ0) is 18.0. The lowest BCUT2D eigenvalue weighted by Crippen LogP contribution is -2.47. The molecule has 0 spiro atoms. The minimum absolute atomic E-state index is 0.142. The van der Waals surface area contributed by atoms with Crippen molar-refractivity contribution in [2.75, 3.05) is 31.1 Å². The largest absolute Gasteiger partial charge is 0.478 e. The number of hydrogen-bond acceptors (Lipinski definition) is 3. The van der Waals surface area contributed by atoms with Gasteiger partial charge in [0.05, 0.1) is 11.3 Å². The second kappa shape index (κ2) is 7.19. The summed E-state index contributed by atoms with van der Waals surface area (Å²) in [6.45, 7) is 4.88. The minimum atomic E-state index is -0.936. The number of benzene rings is 2. The van der Waals surface area contributed by atoms with Crippen LogP contribution in [0.4, 0.5) is 14.5 Å². The number of piperazine rings is 1. The standard InChI is InChI=1S/C19H20F2N2O2/c1-13(14-2-4-15(5-3-14)19(24)25)22-8-10-23(11-9-22)18-7-6-16(20)12-17(18)21/h2-7,12-13H,8-11H2,1H3,(H,24,25). The van der Waals surface area contributed by atoms with Gasteiger partial charge in [0.15, 0.2) is 0 Å². The maximum Gasteiger partial charge on any atom is 0.335 e. The van der Waals surface area contributed by atoms with Gasteiger partial charge in [0.25, 0.3) is 0 Å². The molecule has 1 unspecified atom stereocenters. The van der Waals surface area contributed by atoms with Gasteiger partial charge >= 0.3 is 5.97 Å². The number of aromatic carboxylic acids is 1. The molecule has 0 bridgehead atoms. The summed E-state index contributed by atoms with van der Waals surface area (Å²) < 4.78 is 27.0. The van der Waals surface area contributed by atoms with E-state index in [-0.39, 0.29) is 11.6 Å². The molecule has 1 N–H and O–H groups in total. The summed E-state index contributed by atoms with van der Waals surface area (Å²) in [5.74, 6) is -2.04. The number of anilines is 1. The Morgan fingerprint density at radius 2 is 1.68 bits per heavy atom. The van der Waals surface area contributed by atoms with Gasteiger partial charge in [-0.1, -0.05) is 12.1 Å². The van der Waals surface area contributed by atoms with Crippen molar-refractivity contribution >= 4 is 11.7 Å². The predicted molar refractivity (Wildman–Crippen MR) is 92.0 cm³/mol. The zero-order valence-electron chi connectivity index (χ0n) is 14.0. The second-order valence-corrected chi connectivity index (χ2v) is 6.22. The third-order valence-electron chi connectivity index (χ3n) is 4.75. The highest BCUT2D eigenvalue weighted by atomic mass is 19.1. The Balaban J connectivity index is 1.64. The molecule has 6 heteroatoms. The van der Waals surface area contributed by atoms with E-state index in [0.717, 1.165) is 24.7 Å². The average Bonchev–Trinajstić information content (AvgIpc) is 2.61. The molecule has 4 nitrogen and oxygen atoms in total. The van der Waals surface area contributed by atoms with Gasteiger partial charge in [0.2, 0.25) is 0 Å². The van der Waals surface area contributed by atoms with E-state index in [2.05, 4.69) is 11.8 Å². The SMILES string of the molecule is CC(c1ccc(C(=O)O)cc1)N1CCN(c2ccc(F)cc2F)CC1. The van der Waals surface area contributed by atoms with E-state index in [0.29, 0.717) is 18.8 Å². The van der Waals surface area contributed by atoms with Gasteiger partial charge in [0.1, 0.15) is 11.6 Å². The smallest absolute Gasteiger partial charge is 0.335 e. The highest BCUT2D eigenvalue weighted by Gasteiger charge is 2.23. The molecule has 25 heavy (non-hydrogen) atoms. The van der Waals surface area contributed by atoms with E-state index in [1.54, 1.807) is 12.1 Å². The number of hydrogen-bond donors (Lipinski definition) is 1. The van der Waals surface area contributed by atoms with Gasteiger partial charge < -0.3 is 10.0 Å². The van der Waals surface area contributed by atoms with Gasteiger partial charge in [0, 0.05) is 38.3 Å². The molecule has 0 aliphatic carbocycles. The number of nitrogens with zero attached hydrogens (tertiary/aromatic N) is 2. The molecule has 1 aliphatic heterocycles. The average molecular weight is 346 g/mol. The first-order valence-corrected chi connectivity index (χ1v) is 8.23. The fourth-order valence-electron chi connectivity index (χ4n) is 3.20. The van der Waals surface area contributed by atoms with E-state index in [1.807, 2.05) is 17.0 Å². The van der Waals surface area contributed by atoms with E-state index in [9.17, 15) is 13.6 Å². The Bertz CT molecular complexity index is 757. The molecule has 0 amide bonds. The predicted octanol–water partition coefficient (Wildman–Crippen LogP) is 3.55. The molecule has 0 saturated carbocycles. The molecule has 2 aromatic rings. The summed E-state index contributed by atoms with van der Waals surface area (Å²) in [5, 5.41) is 8.97. The maximum atomic E-state index is 13.9. The van der Waals surface area contributed by atoms with E-state index in [4.69, 9.17) is 5.11 Å². The maximum absolute atomic E-state index is 13.9. The van der Waals surface area contributed by atoms with Crippen LogP contribution in [0.3, 0.4) is 0 Å². The Hall–Kier alpha value is -2.47. The molecule has 2 aromatic carbocycles. The van der Waals surface area contributed by atoms with Crippen molar-refractivity contribution in [1.29, 1.82) is 0 Å². The normalized spacial score (nSPS) is 16.7. The van der Waals surface area contributed by atoms with Gasteiger partial charge in [-0.2, -0.15) is 0 Å². The summed E-state index contributed by atoms with van der Waals surface area (Å²) in [4.78, 5) is 15.1. The molecule has 1 fully saturated rings. The summed E-state index contributed by atoms with van der Waals surface area (Å²) in [5.41, 5.74) is 1.75. The van der Waals surface area contributed by atoms with Gasteiger partial charge in [-0.25, -0.2) is 13.6 Å². The minimum Gasteiger partial charge on any atom is -0.478 e. The van der Waals surface area contributed by atoms with Crippen LogP contribution in [0.15, 0.2) is 42.5 Å².